The Morgan fingerprint density at radius 2 is 2.00 bits per heavy atom. The third-order valence-corrected chi connectivity index (χ3v) is 7.38. The van der Waals surface area contributed by atoms with Gasteiger partial charge >= 0.3 is 0 Å². The van der Waals surface area contributed by atoms with E-state index < -0.39 is 21.7 Å². The Bertz CT molecular complexity index is 1020. The van der Waals surface area contributed by atoms with Crippen LogP contribution in [0.5, 0.6) is 5.75 Å². The predicted octanol–water partition coefficient (Wildman–Crippen LogP) is 3.13. The van der Waals surface area contributed by atoms with Crippen LogP contribution in [0.3, 0.4) is 0 Å². The Kier molecular flexibility index (Phi) is 7.32. The average Bonchev–Trinajstić information content (AvgIpc) is 2.72. The van der Waals surface area contributed by atoms with E-state index in [1.807, 2.05) is 12.1 Å². The molecule has 1 aliphatic heterocycles. The lowest BCUT2D eigenvalue weighted by molar-refractivity contribution is 0.0953. The summed E-state index contributed by atoms with van der Waals surface area (Å²) in [6.07, 6.45) is 0.580. The van der Waals surface area contributed by atoms with Crippen molar-refractivity contribution in [2.75, 3.05) is 26.0 Å². The van der Waals surface area contributed by atoms with Crippen LogP contribution in [0, 0.1) is 0 Å². The van der Waals surface area contributed by atoms with Crippen LogP contribution in [0.25, 0.3) is 0 Å². The molecule has 1 heterocycles. The van der Waals surface area contributed by atoms with Gasteiger partial charge in [-0.15, -0.1) is 0 Å². The molecule has 0 atom stereocenters. The maximum Gasteiger partial charge on any atom is 0.288 e. The lowest BCUT2D eigenvalue weighted by Crippen LogP contribution is -2.40. The number of rotatable bonds is 8. The van der Waals surface area contributed by atoms with Gasteiger partial charge in [-0.1, -0.05) is 30.0 Å². The third kappa shape index (κ3) is 5.50. The standard InChI is InChI=1S/C20H22F2N2O4S2/c1-28-16-7-6-15-13-24(10-8-14(15)12-16)30(26,27)11-9-23-19(25)17-4-2-3-5-18(17)29-20(21)22/h2-7,12,20H,8-11,13H2,1H3,(H,23,25). The van der Waals surface area contributed by atoms with Crippen molar-refractivity contribution in [2.24, 2.45) is 0 Å². The lowest BCUT2D eigenvalue weighted by Gasteiger charge is -2.28. The second-order valence-corrected chi connectivity index (χ2v) is 9.79. The van der Waals surface area contributed by atoms with Crippen molar-refractivity contribution in [3.63, 3.8) is 0 Å². The number of nitrogens with one attached hydrogen (secondary N) is 1. The molecule has 0 aliphatic carbocycles. The number of carbonyl (C=O) groups excluding carboxylic acids is 1. The van der Waals surface area contributed by atoms with E-state index in [1.54, 1.807) is 25.3 Å². The summed E-state index contributed by atoms with van der Waals surface area (Å²) in [7, 11) is -2.00. The first kappa shape index (κ1) is 22.5. The van der Waals surface area contributed by atoms with Crippen LogP contribution in [0.15, 0.2) is 47.4 Å². The first-order valence-corrected chi connectivity index (χ1v) is 11.7. The van der Waals surface area contributed by atoms with E-state index >= 15 is 0 Å². The van der Waals surface area contributed by atoms with Crippen LogP contribution in [0.4, 0.5) is 8.78 Å². The monoisotopic (exact) mass is 456 g/mol. The van der Waals surface area contributed by atoms with Gasteiger partial charge in [0.25, 0.3) is 11.7 Å². The van der Waals surface area contributed by atoms with Gasteiger partial charge in [0.05, 0.1) is 18.4 Å². The van der Waals surface area contributed by atoms with E-state index in [1.165, 1.54) is 16.4 Å². The molecule has 6 nitrogen and oxygen atoms in total. The SMILES string of the molecule is COc1ccc2c(c1)CCN(S(=O)(=O)CCNC(=O)c1ccccc1SC(F)F)C2. The van der Waals surface area contributed by atoms with Gasteiger partial charge in [0, 0.05) is 24.5 Å². The van der Waals surface area contributed by atoms with Gasteiger partial charge in [-0.2, -0.15) is 13.1 Å². The Morgan fingerprint density at radius 3 is 2.73 bits per heavy atom. The summed E-state index contributed by atoms with van der Waals surface area (Å²) in [5.41, 5.74) is 2.08. The molecular weight excluding hydrogens is 434 g/mol. The van der Waals surface area contributed by atoms with Crippen LogP contribution in [-0.2, 0) is 23.0 Å². The fourth-order valence-corrected chi connectivity index (χ4v) is 5.20. The number of ether oxygens (including phenoxy) is 1. The summed E-state index contributed by atoms with van der Waals surface area (Å²) in [6.45, 7) is 0.509. The highest BCUT2D eigenvalue weighted by Gasteiger charge is 2.27. The zero-order valence-corrected chi connectivity index (χ0v) is 17.9. The van der Waals surface area contributed by atoms with Gasteiger partial charge in [0.15, 0.2) is 0 Å². The molecule has 1 N–H and O–H groups in total. The van der Waals surface area contributed by atoms with Crippen molar-refractivity contribution < 1.29 is 26.7 Å². The fraction of sp³-hybridized carbons (Fsp3) is 0.350. The van der Waals surface area contributed by atoms with Crippen molar-refractivity contribution in [2.45, 2.75) is 23.6 Å². The fourth-order valence-electron chi connectivity index (χ4n) is 3.24. The van der Waals surface area contributed by atoms with Crippen molar-refractivity contribution in [1.29, 1.82) is 0 Å². The van der Waals surface area contributed by atoms with E-state index in [0.717, 1.165) is 16.9 Å². The van der Waals surface area contributed by atoms with Gasteiger partial charge in [0.2, 0.25) is 10.0 Å². The zero-order valence-electron chi connectivity index (χ0n) is 16.3. The minimum absolute atomic E-state index is 0.0982. The van der Waals surface area contributed by atoms with Crippen LogP contribution in [0.1, 0.15) is 21.5 Å². The number of hydrogen-bond donors (Lipinski definition) is 1. The highest BCUT2D eigenvalue weighted by atomic mass is 32.2. The van der Waals surface area contributed by atoms with Gasteiger partial charge in [-0.25, -0.2) is 8.42 Å². The summed E-state index contributed by atoms with van der Waals surface area (Å²) in [5, 5.41) is 2.52. The summed E-state index contributed by atoms with van der Waals surface area (Å²) in [5.74, 6) is -2.77. The Labute approximate surface area is 178 Å². The molecule has 0 bridgehead atoms. The van der Waals surface area contributed by atoms with Crippen molar-refractivity contribution in [1.82, 2.24) is 9.62 Å². The second kappa shape index (κ2) is 9.76. The van der Waals surface area contributed by atoms with Gasteiger partial charge in [-0.05, 0) is 41.8 Å². The van der Waals surface area contributed by atoms with Crippen molar-refractivity contribution in [3.05, 3.63) is 59.2 Å². The maximum atomic E-state index is 12.7. The number of methoxy groups -OCH3 is 1. The summed E-state index contributed by atoms with van der Waals surface area (Å²) in [6, 6.07) is 11.6. The van der Waals surface area contributed by atoms with Crippen LogP contribution in [0.2, 0.25) is 0 Å². The molecule has 1 amide bonds. The molecule has 0 saturated heterocycles. The minimum atomic E-state index is -3.59. The molecule has 2 aromatic carbocycles. The number of halogens is 2. The van der Waals surface area contributed by atoms with Gasteiger partial charge in [-0.3, -0.25) is 4.79 Å². The molecule has 0 spiro atoms. The minimum Gasteiger partial charge on any atom is -0.497 e. The predicted molar refractivity (Wildman–Crippen MR) is 112 cm³/mol. The number of sulfonamides is 1. The first-order valence-electron chi connectivity index (χ1n) is 9.26. The molecule has 10 heteroatoms. The number of hydrogen-bond acceptors (Lipinski definition) is 5. The Morgan fingerprint density at radius 1 is 1.23 bits per heavy atom. The number of thioether (sulfide) groups is 1. The topological polar surface area (TPSA) is 75.7 Å². The molecule has 0 unspecified atom stereocenters. The molecule has 1 aliphatic rings. The maximum absolute atomic E-state index is 12.7. The molecule has 0 aromatic heterocycles. The normalized spacial score (nSPS) is 14.4. The summed E-state index contributed by atoms with van der Waals surface area (Å²) >= 11 is 0.282. The molecule has 162 valence electrons. The molecule has 0 fully saturated rings. The van der Waals surface area contributed by atoms with E-state index in [4.69, 9.17) is 4.74 Å². The summed E-state index contributed by atoms with van der Waals surface area (Å²) in [4.78, 5) is 12.5. The smallest absolute Gasteiger partial charge is 0.288 e. The zero-order chi connectivity index (χ0) is 21.7. The molecule has 2 aromatic rings. The lowest BCUT2D eigenvalue weighted by atomic mass is 10.0. The van der Waals surface area contributed by atoms with Crippen LogP contribution >= 0.6 is 11.8 Å². The first-order chi connectivity index (χ1) is 14.3. The van der Waals surface area contributed by atoms with Crippen molar-refractivity contribution >= 4 is 27.7 Å². The number of alkyl halides is 2. The number of carbonyl (C=O) groups is 1. The number of nitrogens with zero attached hydrogens (tertiary/aromatic N) is 1. The van der Waals surface area contributed by atoms with E-state index in [9.17, 15) is 22.0 Å². The van der Waals surface area contributed by atoms with Gasteiger partial charge in [0.1, 0.15) is 5.75 Å². The Hall–Kier alpha value is -2.17. The summed E-state index contributed by atoms with van der Waals surface area (Å²) < 4.78 is 57.3. The third-order valence-electron chi connectivity index (χ3n) is 4.78. The van der Waals surface area contributed by atoms with E-state index in [2.05, 4.69) is 5.32 Å². The number of benzene rings is 2. The Balaban J connectivity index is 1.59. The second-order valence-electron chi connectivity index (χ2n) is 6.66. The van der Waals surface area contributed by atoms with Crippen molar-refractivity contribution in [3.8, 4) is 5.75 Å². The highest BCUT2D eigenvalue weighted by Crippen LogP contribution is 2.28. The average molecular weight is 457 g/mol. The molecule has 3 rings (SSSR count). The highest BCUT2D eigenvalue weighted by molar-refractivity contribution is 7.99. The van der Waals surface area contributed by atoms with E-state index in [-0.39, 0.29) is 41.1 Å². The van der Waals surface area contributed by atoms with Crippen LogP contribution in [-0.4, -0.2) is 50.3 Å². The molecular formula is C20H22F2N2O4S2. The van der Waals surface area contributed by atoms with Gasteiger partial charge < -0.3 is 10.1 Å². The van der Waals surface area contributed by atoms with E-state index in [0.29, 0.717) is 13.0 Å². The molecule has 0 saturated carbocycles. The number of fused-ring (bicyclic) bond motifs is 1. The van der Waals surface area contributed by atoms with Crippen LogP contribution < -0.4 is 10.1 Å². The molecule has 0 radical (unpaired) electrons. The largest absolute Gasteiger partial charge is 0.497 e. The number of amides is 1. The molecule has 30 heavy (non-hydrogen) atoms. The quantitative estimate of drug-likeness (QED) is 0.618.